The maximum Gasteiger partial charge on any atom is 0.367 e. The topological polar surface area (TPSA) is 99.8 Å². The molecule has 0 atom stereocenters. The number of ether oxygens (including phenoxy) is 1. The number of aromatic nitrogens is 2. The van der Waals surface area contributed by atoms with Gasteiger partial charge in [-0.25, -0.2) is 9.59 Å². The van der Waals surface area contributed by atoms with Crippen LogP contribution in [0.5, 0.6) is 0 Å². The Morgan fingerprint density at radius 1 is 1.47 bits per heavy atom. The number of hydrogen-bond donors (Lipinski definition) is 1. The molecule has 0 aliphatic rings. The van der Waals surface area contributed by atoms with Crippen LogP contribution in [0.2, 0.25) is 0 Å². The summed E-state index contributed by atoms with van der Waals surface area (Å²) in [6.45, 7) is 0.796. The van der Waals surface area contributed by atoms with Crippen molar-refractivity contribution in [1.29, 1.82) is 0 Å². The van der Waals surface area contributed by atoms with Crippen LogP contribution < -0.4 is 16.1 Å². The second-order valence-corrected chi connectivity index (χ2v) is 3.04. The Bertz CT molecular complexity index is 503. The van der Waals surface area contributed by atoms with Gasteiger partial charge in [0.2, 0.25) is 0 Å². The molecular weight excluding hydrogens is 232 g/mol. The van der Waals surface area contributed by atoms with Crippen molar-refractivity contribution in [3.8, 4) is 0 Å². The smallest absolute Gasteiger partial charge is 0.367 e. The van der Waals surface area contributed by atoms with E-state index in [9.17, 15) is 14.4 Å². The van der Waals surface area contributed by atoms with Gasteiger partial charge in [-0.2, -0.15) is 0 Å². The van der Waals surface area contributed by atoms with E-state index in [1.807, 2.05) is 0 Å². The largest absolute Gasteiger partial charge is 0.394 e. The third-order valence-electron chi connectivity index (χ3n) is 1.70. The number of aliphatic hydroxyl groups excluding tert-OH is 1. The molecule has 0 bridgehead atoms. The lowest BCUT2D eigenvalue weighted by Gasteiger charge is -2.08. The van der Waals surface area contributed by atoms with Gasteiger partial charge in [-0.3, -0.25) is 9.36 Å². The van der Waals surface area contributed by atoms with E-state index in [1.54, 1.807) is 0 Å². The average molecular weight is 244 g/mol. The van der Waals surface area contributed by atoms with E-state index >= 15 is 0 Å². The summed E-state index contributed by atoms with van der Waals surface area (Å²) in [4.78, 5) is 38.0. The van der Waals surface area contributed by atoms with Crippen LogP contribution in [-0.2, 0) is 16.3 Å². The minimum atomic E-state index is -0.828. The lowest BCUT2D eigenvalue weighted by Crippen LogP contribution is -2.44. The molecule has 8 heteroatoms. The standard InChI is InChI=1S/C9H12N2O6/c1-7(13)17-11-8(14)2-3-10(9(11)15)6-16-5-4-12/h2-3,12H,4-6H2,1H3. The van der Waals surface area contributed by atoms with Crippen LogP contribution >= 0.6 is 0 Å². The van der Waals surface area contributed by atoms with Gasteiger partial charge in [-0.15, -0.1) is 0 Å². The maximum atomic E-state index is 11.6. The fourth-order valence-corrected chi connectivity index (χ4v) is 1.03. The summed E-state index contributed by atoms with van der Waals surface area (Å²) in [6, 6.07) is 1.06. The first-order valence-electron chi connectivity index (χ1n) is 4.76. The minimum absolute atomic E-state index is 0.0547. The van der Waals surface area contributed by atoms with Crippen LogP contribution in [0.25, 0.3) is 0 Å². The normalized spacial score (nSPS) is 10.2. The van der Waals surface area contributed by atoms with Gasteiger partial charge in [-0.1, -0.05) is 4.73 Å². The van der Waals surface area contributed by atoms with E-state index in [0.29, 0.717) is 4.73 Å². The second kappa shape index (κ2) is 5.97. The van der Waals surface area contributed by atoms with Crippen molar-refractivity contribution in [2.45, 2.75) is 13.7 Å². The van der Waals surface area contributed by atoms with Crippen molar-refractivity contribution in [2.75, 3.05) is 13.2 Å². The van der Waals surface area contributed by atoms with Crippen molar-refractivity contribution < 1.29 is 19.5 Å². The molecule has 94 valence electrons. The predicted octanol–water partition coefficient (Wildman–Crippen LogP) is -2.05. The molecule has 1 aromatic heterocycles. The highest BCUT2D eigenvalue weighted by atomic mass is 16.7. The van der Waals surface area contributed by atoms with Crippen molar-refractivity contribution in [3.63, 3.8) is 0 Å². The van der Waals surface area contributed by atoms with Crippen LogP contribution in [0.3, 0.4) is 0 Å². The molecule has 1 N–H and O–H groups in total. The number of carbonyl (C=O) groups is 1. The molecule has 0 unspecified atom stereocenters. The summed E-state index contributed by atoms with van der Waals surface area (Å²) in [5.74, 6) is -0.779. The second-order valence-electron chi connectivity index (χ2n) is 3.04. The quantitative estimate of drug-likeness (QED) is 0.598. The summed E-state index contributed by atoms with van der Waals surface area (Å²) in [6.07, 6.45) is 1.21. The van der Waals surface area contributed by atoms with Crippen LogP contribution in [0.4, 0.5) is 0 Å². The molecule has 0 saturated carbocycles. The molecule has 0 saturated heterocycles. The van der Waals surface area contributed by atoms with Crippen molar-refractivity contribution in [1.82, 2.24) is 9.30 Å². The first-order chi connectivity index (χ1) is 8.06. The number of carbonyl (C=O) groups excluding carboxylic acids is 1. The van der Waals surface area contributed by atoms with Crippen LogP contribution in [0.15, 0.2) is 21.9 Å². The molecule has 17 heavy (non-hydrogen) atoms. The Labute approximate surface area is 95.6 Å². The van der Waals surface area contributed by atoms with E-state index in [1.165, 1.54) is 6.20 Å². The maximum absolute atomic E-state index is 11.6. The Hall–Kier alpha value is -1.93. The lowest BCUT2D eigenvalue weighted by molar-refractivity contribution is -0.142. The first kappa shape index (κ1) is 13.1. The van der Waals surface area contributed by atoms with Crippen molar-refractivity contribution in [2.24, 2.45) is 0 Å². The Kier molecular flexibility index (Phi) is 4.61. The SMILES string of the molecule is CC(=O)On1c(=O)ccn(COCCO)c1=O. The van der Waals surface area contributed by atoms with E-state index in [-0.39, 0.29) is 19.9 Å². The lowest BCUT2D eigenvalue weighted by atomic mass is 10.6. The van der Waals surface area contributed by atoms with E-state index in [2.05, 4.69) is 4.84 Å². The molecule has 1 rings (SSSR count). The Morgan fingerprint density at radius 2 is 2.18 bits per heavy atom. The van der Waals surface area contributed by atoms with Gasteiger partial charge in [0.15, 0.2) is 0 Å². The van der Waals surface area contributed by atoms with Gasteiger partial charge < -0.3 is 14.7 Å². The van der Waals surface area contributed by atoms with E-state index < -0.39 is 17.2 Å². The Balaban J connectivity index is 2.98. The molecular formula is C9H12N2O6. The fraction of sp³-hybridized carbons (Fsp3) is 0.444. The van der Waals surface area contributed by atoms with Crippen LogP contribution in [0, 0.1) is 0 Å². The number of aliphatic hydroxyl groups is 1. The van der Waals surface area contributed by atoms with Crippen molar-refractivity contribution in [3.05, 3.63) is 33.1 Å². The fourth-order valence-electron chi connectivity index (χ4n) is 1.03. The Morgan fingerprint density at radius 3 is 2.76 bits per heavy atom. The molecule has 0 spiro atoms. The van der Waals surface area contributed by atoms with E-state index in [4.69, 9.17) is 9.84 Å². The summed E-state index contributed by atoms with van der Waals surface area (Å²) in [5, 5.41) is 8.49. The van der Waals surface area contributed by atoms with Crippen LogP contribution in [-0.4, -0.2) is 33.6 Å². The number of nitrogens with zero attached hydrogens (tertiary/aromatic N) is 2. The summed E-state index contributed by atoms with van der Waals surface area (Å²) in [5.41, 5.74) is -1.57. The molecule has 0 fully saturated rings. The molecule has 0 amide bonds. The molecule has 0 aliphatic heterocycles. The van der Waals surface area contributed by atoms with E-state index in [0.717, 1.165) is 17.6 Å². The van der Waals surface area contributed by atoms with Gasteiger partial charge in [0.25, 0.3) is 5.56 Å². The van der Waals surface area contributed by atoms with Gasteiger partial charge in [0, 0.05) is 19.2 Å². The molecule has 1 heterocycles. The van der Waals surface area contributed by atoms with Crippen molar-refractivity contribution >= 4 is 5.97 Å². The summed E-state index contributed by atoms with van der Waals surface area (Å²) >= 11 is 0. The molecule has 8 nitrogen and oxygen atoms in total. The average Bonchev–Trinajstić information content (AvgIpc) is 2.27. The number of hydrogen-bond acceptors (Lipinski definition) is 6. The monoisotopic (exact) mass is 244 g/mol. The molecule has 0 radical (unpaired) electrons. The zero-order valence-electron chi connectivity index (χ0n) is 9.16. The third-order valence-corrected chi connectivity index (χ3v) is 1.70. The first-order valence-corrected chi connectivity index (χ1v) is 4.76. The molecule has 0 aliphatic carbocycles. The molecule has 0 aromatic carbocycles. The minimum Gasteiger partial charge on any atom is -0.394 e. The summed E-state index contributed by atoms with van der Waals surface area (Å²) < 4.78 is 6.27. The zero-order valence-corrected chi connectivity index (χ0v) is 9.16. The van der Waals surface area contributed by atoms with Gasteiger partial charge in [-0.05, 0) is 0 Å². The predicted molar refractivity (Wildman–Crippen MR) is 55.3 cm³/mol. The molecule has 1 aromatic rings. The highest BCUT2D eigenvalue weighted by Gasteiger charge is 2.07. The highest BCUT2D eigenvalue weighted by molar-refractivity contribution is 5.66. The van der Waals surface area contributed by atoms with Gasteiger partial charge >= 0.3 is 11.7 Å². The third kappa shape index (κ3) is 3.54. The summed E-state index contributed by atoms with van der Waals surface area (Å²) in [7, 11) is 0. The highest BCUT2D eigenvalue weighted by Crippen LogP contribution is 1.81. The number of rotatable bonds is 5. The van der Waals surface area contributed by atoms with Crippen LogP contribution in [0.1, 0.15) is 6.92 Å². The van der Waals surface area contributed by atoms with Gasteiger partial charge in [0.1, 0.15) is 6.73 Å². The zero-order chi connectivity index (χ0) is 12.8. The van der Waals surface area contributed by atoms with Gasteiger partial charge in [0.05, 0.1) is 13.2 Å².